The molecule has 0 N–H and O–H groups in total. The summed E-state index contributed by atoms with van der Waals surface area (Å²) >= 11 is 1.83. The Kier molecular flexibility index (Phi) is 5.51. The van der Waals surface area contributed by atoms with Gasteiger partial charge in [-0.15, -0.1) is 11.3 Å². The maximum atomic E-state index is 9.83. The minimum absolute atomic E-state index is 0.672. The van der Waals surface area contributed by atoms with E-state index in [1.165, 1.54) is 47.4 Å². The van der Waals surface area contributed by atoms with E-state index in [2.05, 4.69) is 161 Å². The van der Waals surface area contributed by atoms with Gasteiger partial charge in [0.1, 0.15) is 0 Å². The molecular formula is C43H25N3S. The van der Waals surface area contributed by atoms with Crippen LogP contribution in [0.15, 0.2) is 152 Å². The van der Waals surface area contributed by atoms with Gasteiger partial charge in [-0.2, -0.15) is 5.26 Å². The van der Waals surface area contributed by atoms with Crippen LogP contribution in [0.25, 0.3) is 86.3 Å². The zero-order valence-electron chi connectivity index (χ0n) is 25.2. The summed E-state index contributed by atoms with van der Waals surface area (Å²) in [4.78, 5) is 0. The fourth-order valence-corrected chi connectivity index (χ4v) is 8.74. The third kappa shape index (κ3) is 3.78. The molecule has 0 bridgehead atoms. The normalized spacial score (nSPS) is 11.8. The highest BCUT2D eigenvalue weighted by molar-refractivity contribution is 7.26. The summed E-state index contributed by atoms with van der Waals surface area (Å²) in [5.74, 6) is 0. The minimum Gasteiger partial charge on any atom is -0.309 e. The number of aromatic nitrogens is 2. The van der Waals surface area contributed by atoms with E-state index in [1.807, 2.05) is 17.4 Å². The molecule has 4 heteroatoms. The van der Waals surface area contributed by atoms with E-state index in [-0.39, 0.29) is 0 Å². The molecule has 10 aromatic rings. The second-order valence-electron chi connectivity index (χ2n) is 12.1. The summed E-state index contributed by atoms with van der Waals surface area (Å²) in [6.45, 7) is 0. The molecular weight excluding hydrogens is 591 g/mol. The molecule has 3 heterocycles. The summed E-state index contributed by atoms with van der Waals surface area (Å²) < 4.78 is 7.26. The van der Waals surface area contributed by atoms with Gasteiger partial charge in [-0.3, -0.25) is 0 Å². The molecule has 0 spiro atoms. The first-order chi connectivity index (χ1) is 23.3. The van der Waals surface area contributed by atoms with Crippen LogP contribution >= 0.6 is 11.3 Å². The summed E-state index contributed by atoms with van der Waals surface area (Å²) in [6.07, 6.45) is 0. The van der Waals surface area contributed by atoms with Gasteiger partial charge in [0.15, 0.2) is 0 Å². The Balaban J connectivity index is 1.19. The number of rotatable bonds is 3. The van der Waals surface area contributed by atoms with Crippen molar-refractivity contribution in [2.75, 3.05) is 0 Å². The molecule has 0 saturated carbocycles. The first-order valence-electron chi connectivity index (χ1n) is 15.7. The van der Waals surface area contributed by atoms with Crippen molar-refractivity contribution >= 4 is 75.1 Å². The minimum atomic E-state index is 0.672. The number of thiophene rings is 1. The van der Waals surface area contributed by atoms with Crippen molar-refractivity contribution in [2.24, 2.45) is 0 Å². The summed E-state index contributed by atoms with van der Waals surface area (Å²) in [7, 11) is 0. The van der Waals surface area contributed by atoms with Crippen LogP contribution < -0.4 is 0 Å². The van der Waals surface area contributed by atoms with E-state index in [4.69, 9.17) is 0 Å². The van der Waals surface area contributed by atoms with Gasteiger partial charge >= 0.3 is 0 Å². The van der Waals surface area contributed by atoms with Gasteiger partial charge in [0.2, 0.25) is 0 Å². The second kappa shape index (κ2) is 9.92. The largest absolute Gasteiger partial charge is 0.309 e. The molecule has 47 heavy (non-hydrogen) atoms. The number of hydrogen-bond donors (Lipinski definition) is 0. The van der Waals surface area contributed by atoms with Crippen molar-refractivity contribution in [1.29, 1.82) is 5.26 Å². The molecule has 0 aliphatic rings. The van der Waals surface area contributed by atoms with Crippen molar-refractivity contribution in [3.63, 3.8) is 0 Å². The van der Waals surface area contributed by atoms with E-state index >= 15 is 0 Å². The number of hydrogen-bond acceptors (Lipinski definition) is 2. The third-order valence-electron chi connectivity index (χ3n) is 9.52. The molecule has 0 radical (unpaired) electrons. The van der Waals surface area contributed by atoms with Gasteiger partial charge in [0.05, 0.1) is 33.7 Å². The Bertz CT molecular complexity index is 2880. The van der Waals surface area contributed by atoms with Crippen LogP contribution in [0.2, 0.25) is 0 Å². The maximum absolute atomic E-state index is 9.83. The van der Waals surface area contributed by atoms with Gasteiger partial charge in [-0.25, -0.2) is 0 Å². The summed E-state index contributed by atoms with van der Waals surface area (Å²) in [5.41, 5.74) is 9.86. The predicted molar refractivity (Wildman–Crippen MR) is 198 cm³/mol. The van der Waals surface area contributed by atoms with E-state index in [1.54, 1.807) is 0 Å². The van der Waals surface area contributed by atoms with Crippen molar-refractivity contribution in [3.05, 3.63) is 157 Å². The number of nitrogens with zero attached hydrogens (tertiary/aromatic N) is 3. The highest BCUT2D eigenvalue weighted by Crippen LogP contribution is 2.44. The van der Waals surface area contributed by atoms with Crippen LogP contribution in [0, 0.1) is 11.3 Å². The monoisotopic (exact) mass is 615 g/mol. The fourth-order valence-electron chi connectivity index (χ4n) is 7.48. The van der Waals surface area contributed by atoms with Crippen LogP contribution in [0.4, 0.5) is 0 Å². The fraction of sp³-hybridized carbons (Fsp3) is 0. The Morgan fingerprint density at radius 3 is 1.70 bits per heavy atom. The highest BCUT2D eigenvalue weighted by atomic mass is 32.1. The third-order valence-corrected chi connectivity index (χ3v) is 10.7. The highest BCUT2D eigenvalue weighted by Gasteiger charge is 2.19. The predicted octanol–water partition coefficient (Wildman–Crippen LogP) is 11.8. The van der Waals surface area contributed by atoms with Gasteiger partial charge in [-0.05, 0) is 77.9 Å². The van der Waals surface area contributed by atoms with Crippen molar-refractivity contribution in [1.82, 2.24) is 9.13 Å². The molecule has 0 atom stereocenters. The molecule has 3 aromatic heterocycles. The summed E-state index contributed by atoms with van der Waals surface area (Å²) in [5, 5.41) is 17.2. The Hall–Kier alpha value is -6.15. The topological polar surface area (TPSA) is 33.6 Å². The summed E-state index contributed by atoms with van der Waals surface area (Å²) in [6, 6.07) is 56.5. The smallest absolute Gasteiger partial charge is 0.0991 e. The molecule has 0 unspecified atom stereocenters. The van der Waals surface area contributed by atoms with E-state index in [0.29, 0.717) is 5.56 Å². The first kappa shape index (κ1) is 26.1. The number of para-hydroxylation sites is 2. The quantitative estimate of drug-likeness (QED) is 0.195. The van der Waals surface area contributed by atoms with Crippen LogP contribution in [-0.4, -0.2) is 9.13 Å². The van der Waals surface area contributed by atoms with Gasteiger partial charge in [0, 0.05) is 53.1 Å². The molecule has 10 rings (SSSR count). The van der Waals surface area contributed by atoms with Gasteiger partial charge in [-0.1, -0.05) is 84.9 Å². The molecule has 0 amide bonds. The molecule has 218 valence electrons. The average Bonchev–Trinajstić information content (AvgIpc) is 3.79. The standard InChI is InChI=1S/C43H25N3S/c44-26-27-19-21-39-36(23-27)42-40(22-20-35-34-15-3-6-18-41(34)47-43(35)42)46(39)31-12-8-10-29(25-31)28-9-7-11-30(24-28)45-37-16-4-1-13-32(37)33-14-2-5-17-38(33)45/h1-25H. The lowest BCUT2D eigenvalue weighted by molar-refractivity contribution is 1.17. The SMILES string of the molecule is N#Cc1ccc2c(c1)c1c3sc4ccccc4c3ccc1n2-c1cccc(-c2cccc(-n3c4ccccc4c4ccccc43)c2)c1. The lowest BCUT2D eigenvalue weighted by Crippen LogP contribution is -1.96. The Labute approximate surface area is 274 Å². The number of benzene rings is 7. The molecule has 0 aliphatic carbocycles. The van der Waals surface area contributed by atoms with E-state index in [9.17, 15) is 5.26 Å². The van der Waals surface area contributed by atoms with Crippen molar-refractivity contribution in [2.45, 2.75) is 0 Å². The van der Waals surface area contributed by atoms with Crippen molar-refractivity contribution < 1.29 is 0 Å². The van der Waals surface area contributed by atoms with Crippen LogP contribution in [0.5, 0.6) is 0 Å². The molecule has 0 saturated heterocycles. The van der Waals surface area contributed by atoms with Gasteiger partial charge in [0.25, 0.3) is 0 Å². The zero-order chi connectivity index (χ0) is 31.1. The van der Waals surface area contributed by atoms with Crippen LogP contribution in [0.3, 0.4) is 0 Å². The lowest BCUT2D eigenvalue weighted by Gasteiger charge is -2.13. The van der Waals surface area contributed by atoms with Gasteiger partial charge < -0.3 is 9.13 Å². The zero-order valence-corrected chi connectivity index (χ0v) is 26.0. The average molecular weight is 616 g/mol. The maximum Gasteiger partial charge on any atom is 0.0991 e. The van der Waals surface area contributed by atoms with Crippen LogP contribution in [-0.2, 0) is 0 Å². The van der Waals surface area contributed by atoms with E-state index < -0.39 is 0 Å². The van der Waals surface area contributed by atoms with Crippen molar-refractivity contribution in [3.8, 4) is 28.6 Å². The Morgan fingerprint density at radius 1 is 0.447 bits per heavy atom. The second-order valence-corrected chi connectivity index (χ2v) is 13.1. The lowest BCUT2D eigenvalue weighted by atomic mass is 10.0. The van der Waals surface area contributed by atoms with E-state index in [0.717, 1.165) is 38.9 Å². The number of fused-ring (bicyclic) bond motifs is 10. The molecule has 3 nitrogen and oxygen atoms in total. The molecule has 7 aromatic carbocycles. The van der Waals surface area contributed by atoms with Crippen LogP contribution in [0.1, 0.15) is 5.56 Å². The Morgan fingerprint density at radius 2 is 1.02 bits per heavy atom. The first-order valence-corrected chi connectivity index (χ1v) is 16.6. The molecule has 0 fully saturated rings. The number of nitriles is 1. The molecule has 0 aliphatic heterocycles.